The number of nitrogens with one attached hydrogen (secondary N) is 1. The van der Waals surface area contributed by atoms with E-state index in [0.717, 1.165) is 0 Å². The lowest BCUT2D eigenvalue weighted by atomic mass is 10.1. The van der Waals surface area contributed by atoms with E-state index in [0.29, 0.717) is 7.14 Å². The van der Waals surface area contributed by atoms with Gasteiger partial charge in [-0.1, -0.05) is 0 Å². The van der Waals surface area contributed by atoms with Gasteiger partial charge in [0.2, 0.25) is 5.91 Å². The van der Waals surface area contributed by atoms with Crippen LogP contribution in [0.1, 0.15) is 16.8 Å². The van der Waals surface area contributed by atoms with Crippen LogP contribution in [0.2, 0.25) is 0 Å². The van der Waals surface area contributed by atoms with Crippen molar-refractivity contribution in [3.05, 3.63) is 24.8 Å². The molecule has 0 fully saturated rings. The van der Waals surface area contributed by atoms with Gasteiger partial charge in [-0.05, 0) is 57.3 Å². The molecule has 1 rings (SSSR count). The van der Waals surface area contributed by atoms with Gasteiger partial charge in [-0.25, -0.2) is 4.79 Å². The molecule has 0 aliphatic heterocycles. The van der Waals surface area contributed by atoms with Gasteiger partial charge in [0.15, 0.2) is 0 Å². The fourth-order valence-electron chi connectivity index (χ4n) is 1.38. The number of hydrogen-bond acceptors (Lipinski definition) is 4. The van der Waals surface area contributed by atoms with Crippen molar-refractivity contribution in [1.82, 2.24) is 5.32 Å². The Bertz CT molecular complexity index is 576. The summed E-state index contributed by atoms with van der Waals surface area (Å²) in [7, 11) is 0. The third-order valence-corrected chi connectivity index (χ3v) is 3.73. The molecule has 0 heterocycles. The molecule has 0 unspecified atom stereocenters. The summed E-state index contributed by atoms with van der Waals surface area (Å²) in [5, 5.41) is 20.9. The lowest BCUT2D eigenvalue weighted by Gasteiger charge is -2.14. The number of phenolic OH excluding ortho intramolecular Hbond substituents is 1. The zero-order chi connectivity index (χ0) is 15.4. The average molecular weight is 504 g/mol. The summed E-state index contributed by atoms with van der Waals surface area (Å²) in [6, 6.07) is 1.64. The molecule has 0 spiro atoms. The molecule has 0 aromatic heterocycles. The summed E-state index contributed by atoms with van der Waals surface area (Å²) >= 11 is 3.81. The summed E-state index contributed by atoms with van der Waals surface area (Å²) < 4.78 is 1.16. The molecule has 0 aliphatic rings. The number of primary amides is 1. The van der Waals surface area contributed by atoms with E-state index >= 15 is 0 Å². The monoisotopic (exact) mass is 504 g/mol. The number of carbonyl (C=O) groups is 3. The molecule has 2 amide bonds. The number of rotatable bonds is 5. The zero-order valence-electron chi connectivity index (χ0n) is 9.89. The number of nitrogens with two attached hydrogens (primary N) is 1. The largest absolute Gasteiger partial charge is 0.506 e. The topological polar surface area (TPSA) is 130 Å². The van der Waals surface area contributed by atoms with Gasteiger partial charge in [0.25, 0.3) is 5.91 Å². The Kier molecular flexibility index (Phi) is 5.98. The minimum Gasteiger partial charge on any atom is -0.506 e. The number of aromatic hydroxyl groups is 1. The quantitative estimate of drug-likeness (QED) is 0.439. The number of carbonyl (C=O) groups excluding carboxylic acids is 2. The Labute approximate surface area is 141 Å². The van der Waals surface area contributed by atoms with E-state index in [-0.39, 0.29) is 11.3 Å². The van der Waals surface area contributed by atoms with E-state index in [4.69, 9.17) is 10.8 Å². The van der Waals surface area contributed by atoms with Crippen molar-refractivity contribution in [1.29, 1.82) is 0 Å². The van der Waals surface area contributed by atoms with Gasteiger partial charge >= 0.3 is 5.97 Å². The lowest BCUT2D eigenvalue weighted by molar-refractivity contribution is -0.140. The van der Waals surface area contributed by atoms with E-state index in [1.54, 1.807) is 6.07 Å². The van der Waals surface area contributed by atoms with Crippen molar-refractivity contribution in [3.63, 3.8) is 0 Å². The van der Waals surface area contributed by atoms with Gasteiger partial charge in [0.05, 0.1) is 15.6 Å². The average Bonchev–Trinajstić information content (AvgIpc) is 2.32. The van der Waals surface area contributed by atoms with Gasteiger partial charge in [-0.15, -0.1) is 0 Å². The first-order valence-electron chi connectivity index (χ1n) is 5.22. The summed E-state index contributed by atoms with van der Waals surface area (Å²) in [5.74, 6) is -3.25. The van der Waals surface area contributed by atoms with E-state index in [1.165, 1.54) is 6.07 Å². The maximum atomic E-state index is 12.0. The highest BCUT2D eigenvalue weighted by molar-refractivity contribution is 14.1. The molecule has 5 N–H and O–H groups in total. The number of carboxylic acid groups (broad SMARTS) is 1. The van der Waals surface area contributed by atoms with Crippen molar-refractivity contribution >= 4 is 63.0 Å². The number of hydrogen-bond donors (Lipinski definition) is 4. The lowest BCUT2D eigenvalue weighted by Crippen LogP contribution is -2.43. The number of aliphatic carboxylic acids is 1. The van der Waals surface area contributed by atoms with Crippen LogP contribution in [-0.2, 0) is 9.59 Å². The van der Waals surface area contributed by atoms with E-state index in [2.05, 4.69) is 5.32 Å². The van der Waals surface area contributed by atoms with Crippen molar-refractivity contribution in [3.8, 4) is 5.75 Å². The molecule has 7 nitrogen and oxygen atoms in total. The second-order valence-corrected chi connectivity index (χ2v) is 6.23. The first-order valence-corrected chi connectivity index (χ1v) is 7.38. The second-order valence-electron chi connectivity index (χ2n) is 3.82. The summed E-state index contributed by atoms with van der Waals surface area (Å²) in [5.41, 5.74) is 4.86. The van der Waals surface area contributed by atoms with E-state index < -0.39 is 30.2 Å². The Hall–Kier alpha value is -1.11. The molecule has 0 bridgehead atoms. The highest BCUT2D eigenvalue weighted by atomic mass is 127. The molecular formula is C11H10I2N2O5. The maximum absolute atomic E-state index is 12.0. The van der Waals surface area contributed by atoms with Crippen LogP contribution in [0.25, 0.3) is 0 Å². The highest BCUT2D eigenvalue weighted by Gasteiger charge is 2.24. The van der Waals surface area contributed by atoms with Crippen LogP contribution in [-0.4, -0.2) is 34.0 Å². The zero-order valence-corrected chi connectivity index (χ0v) is 14.2. The Morgan fingerprint density at radius 1 is 1.30 bits per heavy atom. The standard InChI is InChI=1S/C11H10I2N2O5/c12-4-1-5(9(17)6(13)2-4)10(18)15-7(11(19)20)3-8(14)16/h1-2,7,17H,3H2,(H2,14,16)(H,15,18)(H,19,20)/t7-/m0/s1. The molecule has 1 aromatic rings. The minimum absolute atomic E-state index is 0.0583. The molecule has 0 saturated heterocycles. The number of halogens is 2. The summed E-state index contributed by atoms with van der Waals surface area (Å²) in [4.78, 5) is 33.7. The van der Waals surface area contributed by atoms with Crippen molar-refractivity contribution in [2.75, 3.05) is 0 Å². The predicted molar refractivity (Wildman–Crippen MR) is 86.2 cm³/mol. The smallest absolute Gasteiger partial charge is 0.326 e. The van der Waals surface area contributed by atoms with E-state index in [9.17, 15) is 19.5 Å². The van der Waals surface area contributed by atoms with Crippen LogP contribution in [0.3, 0.4) is 0 Å². The predicted octanol–water partition coefficient (Wildman–Crippen LogP) is 0.660. The Morgan fingerprint density at radius 2 is 1.90 bits per heavy atom. The highest BCUT2D eigenvalue weighted by Crippen LogP contribution is 2.27. The fraction of sp³-hybridized carbons (Fsp3) is 0.182. The normalized spacial score (nSPS) is 11.7. The summed E-state index contributed by atoms with van der Waals surface area (Å²) in [6.45, 7) is 0. The molecule has 0 aliphatic carbocycles. The first-order chi connectivity index (χ1) is 9.22. The number of benzene rings is 1. The van der Waals surface area contributed by atoms with Crippen molar-refractivity contribution < 1.29 is 24.6 Å². The van der Waals surface area contributed by atoms with Gasteiger partial charge in [-0.3, -0.25) is 9.59 Å². The fourth-order valence-corrected chi connectivity index (χ4v) is 3.22. The molecule has 0 radical (unpaired) electrons. The molecule has 1 atom stereocenters. The van der Waals surface area contributed by atoms with Crippen LogP contribution in [0, 0.1) is 7.14 Å². The maximum Gasteiger partial charge on any atom is 0.326 e. The minimum atomic E-state index is -1.44. The SMILES string of the molecule is NC(=O)C[C@H](NC(=O)c1cc(I)cc(I)c1O)C(=O)O. The summed E-state index contributed by atoms with van der Waals surface area (Å²) in [6.07, 6.45) is -0.525. The molecule has 20 heavy (non-hydrogen) atoms. The van der Waals surface area contributed by atoms with Crippen LogP contribution in [0.5, 0.6) is 5.75 Å². The van der Waals surface area contributed by atoms with Gasteiger partial charge in [-0.2, -0.15) is 0 Å². The first kappa shape index (κ1) is 16.9. The van der Waals surface area contributed by atoms with Crippen LogP contribution < -0.4 is 11.1 Å². The van der Waals surface area contributed by atoms with Crippen LogP contribution in [0.15, 0.2) is 12.1 Å². The van der Waals surface area contributed by atoms with Gasteiger partial charge < -0.3 is 21.3 Å². The Morgan fingerprint density at radius 3 is 2.40 bits per heavy atom. The third-order valence-electron chi connectivity index (χ3n) is 2.28. The molecular weight excluding hydrogens is 494 g/mol. The van der Waals surface area contributed by atoms with E-state index in [1.807, 2.05) is 45.2 Å². The molecule has 9 heteroatoms. The second kappa shape index (κ2) is 7.06. The molecule has 1 aromatic carbocycles. The third kappa shape index (κ3) is 4.47. The van der Waals surface area contributed by atoms with Gasteiger partial charge in [0, 0.05) is 3.57 Å². The Balaban J connectivity index is 3.00. The van der Waals surface area contributed by atoms with Crippen molar-refractivity contribution in [2.24, 2.45) is 5.73 Å². The molecule has 0 saturated carbocycles. The van der Waals surface area contributed by atoms with Crippen LogP contribution in [0.4, 0.5) is 0 Å². The van der Waals surface area contributed by atoms with Crippen molar-refractivity contribution in [2.45, 2.75) is 12.5 Å². The molecule has 108 valence electrons. The number of phenols is 1. The number of carboxylic acids is 1. The van der Waals surface area contributed by atoms with Crippen LogP contribution >= 0.6 is 45.2 Å². The number of amides is 2. The van der Waals surface area contributed by atoms with Gasteiger partial charge in [0.1, 0.15) is 11.8 Å².